The summed E-state index contributed by atoms with van der Waals surface area (Å²) in [5.41, 5.74) is 6.18. The van der Waals surface area contributed by atoms with E-state index < -0.39 is 0 Å². The SMILES string of the molecule is COc1cc2c(cc1O)Cc1cc(OC)c(OC)cc1Cc1cc(OC)c(O)cc1C2. The molecule has 162 valence electrons. The van der Waals surface area contributed by atoms with Crippen LogP contribution in [0.5, 0.6) is 34.5 Å². The second-order valence-corrected chi connectivity index (χ2v) is 7.59. The van der Waals surface area contributed by atoms with E-state index in [9.17, 15) is 10.2 Å². The van der Waals surface area contributed by atoms with Crippen molar-refractivity contribution in [1.82, 2.24) is 0 Å². The van der Waals surface area contributed by atoms with Crippen LogP contribution in [-0.4, -0.2) is 38.7 Å². The molecule has 0 bridgehead atoms. The highest BCUT2D eigenvalue weighted by molar-refractivity contribution is 5.57. The Hall–Kier alpha value is -3.54. The molecule has 3 aromatic rings. The van der Waals surface area contributed by atoms with Crippen LogP contribution in [0.15, 0.2) is 36.4 Å². The lowest BCUT2D eigenvalue weighted by atomic mass is 9.94. The molecule has 0 radical (unpaired) electrons. The molecule has 6 nitrogen and oxygen atoms in total. The maximum absolute atomic E-state index is 10.4. The molecule has 0 spiro atoms. The Morgan fingerprint density at radius 1 is 0.452 bits per heavy atom. The number of hydrogen-bond acceptors (Lipinski definition) is 6. The van der Waals surface area contributed by atoms with Crippen molar-refractivity contribution in [3.8, 4) is 34.5 Å². The zero-order valence-corrected chi connectivity index (χ0v) is 18.1. The number of aromatic hydroxyl groups is 2. The zero-order chi connectivity index (χ0) is 22.1. The van der Waals surface area contributed by atoms with Crippen LogP contribution in [0.2, 0.25) is 0 Å². The predicted molar refractivity (Wildman–Crippen MR) is 117 cm³/mol. The van der Waals surface area contributed by atoms with Crippen LogP contribution >= 0.6 is 0 Å². The summed E-state index contributed by atoms with van der Waals surface area (Å²) in [5, 5.41) is 20.8. The Morgan fingerprint density at radius 2 is 0.710 bits per heavy atom. The van der Waals surface area contributed by atoms with E-state index in [0.717, 1.165) is 33.4 Å². The minimum atomic E-state index is 0.0975. The molecular formula is C25H26O6. The first kappa shape index (κ1) is 20.7. The minimum Gasteiger partial charge on any atom is -0.504 e. The predicted octanol–water partition coefficient (Wildman–Crippen LogP) is 4.22. The lowest BCUT2D eigenvalue weighted by Gasteiger charge is -2.16. The highest BCUT2D eigenvalue weighted by Crippen LogP contribution is 2.40. The first-order valence-corrected chi connectivity index (χ1v) is 9.98. The lowest BCUT2D eigenvalue weighted by Crippen LogP contribution is -2.01. The van der Waals surface area contributed by atoms with Crippen LogP contribution in [0, 0.1) is 0 Å². The summed E-state index contributed by atoms with van der Waals surface area (Å²) in [4.78, 5) is 0. The van der Waals surface area contributed by atoms with Gasteiger partial charge in [-0.25, -0.2) is 0 Å². The summed E-state index contributed by atoms with van der Waals surface area (Å²) >= 11 is 0. The van der Waals surface area contributed by atoms with Crippen LogP contribution in [0.25, 0.3) is 0 Å². The van der Waals surface area contributed by atoms with Gasteiger partial charge in [-0.05, 0) is 89.0 Å². The first-order chi connectivity index (χ1) is 15.0. The van der Waals surface area contributed by atoms with Crippen LogP contribution in [-0.2, 0) is 19.3 Å². The van der Waals surface area contributed by atoms with Gasteiger partial charge in [0.25, 0.3) is 0 Å². The Morgan fingerprint density at radius 3 is 1.00 bits per heavy atom. The van der Waals surface area contributed by atoms with Gasteiger partial charge < -0.3 is 29.2 Å². The van der Waals surface area contributed by atoms with E-state index in [0.29, 0.717) is 42.3 Å². The first-order valence-electron chi connectivity index (χ1n) is 9.98. The smallest absolute Gasteiger partial charge is 0.161 e. The summed E-state index contributed by atoms with van der Waals surface area (Å²) in [6.07, 6.45) is 1.83. The molecule has 0 aromatic heterocycles. The van der Waals surface area contributed by atoms with Gasteiger partial charge in [0.05, 0.1) is 28.4 Å². The molecule has 6 heteroatoms. The molecule has 0 saturated heterocycles. The van der Waals surface area contributed by atoms with Gasteiger partial charge in [0, 0.05) is 0 Å². The van der Waals surface area contributed by atoms with Crippen molar-refractivity contribution in [3.05, 3.63) is 69.8 Å². The van der Waals surface area contributed by atoms with Crippen molar-refractivity contribution in [2.75, 3.05) is 28.4 Å². The highest BCUT2D eigenvalue weighted by atomic mass is 16.5. The number of fused-ring (bicyclic) bond motifs is 3. The van der Waals surface area contributed by atoms with Gasteiger partial charge in [-0.15, -0.1) is 0 Å². The van der Waals surface area contributed by atoms with Crippen LogP contribution in [0.4, 0.5) is 0 Å². The maximum Gasteiger partial charge on any atom is 0.161 e. The van der Waals surface area contributed by atoms with Crippen molar-refractivity contribution in [2.24, 2.45) is 0 Å². The van der Waals surface area contributed by atoms with Crippen molar-refractivity contribution in [3.63, 3.8) is 0 Å². The van der Waals surface area contributed by atoms with E-state index in [1.807, 2.05) is 24.3 Å². The number of hydrogen-bond donors (Lipinski definition) is 2. The van der Waals surface area contributed by atoms with E-state index in [1.54, 1.807) is 33.5 Å². The molecule has 2 N–H and O–H groups in total. The van der Waals surface area contributed by atoms with Gasteiger partial charge in [-0.2, -0.15) is 0 Å². The summed E-state index contributed by atoms with van der Waals surface area (Å²) in [6, 6.07) is 11.2. The average Bonchev–Trinajstić information content (AvgIpc) is 2.82. The summed E-state index contributed by atoms with van der Waals surface area (Å²) in [5.74, 6) is 2.36. The quantitative estimate of drug-likeness (QED) is 0.513. The molecule has 0 heterocycles. The van der Waals surface area contributed by atoms with E-state index in [-0.39, 0.29) is 11.5 Å². The normalized spacial score (nSPS) is 12.4. The molecule has 3 aromatic carbocycles. The van der Waals surface area contributed by atoms with Crippen molar-refractivity contribution < 1.29 is 29.2 Å². The standard InChI is InChI=1S/C25H26O6/c1-28-22-10-16-5-14-8-20(26)23(29-2)11-17(14)7-19-13-25(31-4)24(30-3)12-18(19)6-15(16)9-21(22)27/h8-13,26-27H,5-7H2,1-4H3. The summed E-state index contributed by atoms with van der Waals surface area (Å²) in [7, 11) is 6.32. The fraction of sp³-hybridized carbons (Fsp3) is 0.280. The molecule has 1 aliphatic rings. The molecule has 1 aliphatic carbocycles. The van der Waals surface area contributed by atoms with Crippen molar-refractivity contribution in [1.29, 1.82) is 0 Å². The van der Waals surface area contributed by atoms with E-state index >= 15 is 0 Å². The molecule has 0 atom stereocenters. The Kier molecular flexibility index (Phi) is 5.55. The highest BCUT2D eigenvalue weighted by Gasteiger charge is 2.21. The third-order valence-electron chi connectivity index (χ3n) is 5.85. The number of benzene rings is 3. The Balaban J connectivity index is 1.98. The second kappa shape index (κ2) is 8.30. The van der Waals surface area contributed by atoms with E-state index in [2.05, 4.69) is 0 Å². The number of phenolic OH excluding ortho intramolecular Hbond substituents is 2. The topological polar surface area (TPSA) is 77.4 Å². The molecule has 0 unspecified atom stereocenters. The monoisotopic (exact) mass is 422 g/mol. The van der Waals surface area contributed by atoms with Gasteiger partial charge in [0.1, 0.15) is 0 Å². The second-order valence-electron chi connectivity index (χ2n) is 7.59. The largest absolute Gasteiger partial charge is 0.504 e. The van der Waals surface area contributed by atoms with Crippen molar-refractivity contribution in [2.45, 2.75) is 19.3 Å². The van der Waals surface area contributed by atoms with Gasteiger partial charge in [-0.3, -0.25) is 0 Å². The third-order valence-corrected chi connectivity index (χ3v) is 5.85. The molecule has 4 rings (SSSR count). The Labute approximate surface area is 181 Å². The maximum atomic E-state index is 10.4. The fourth-order valence-corrected chi connectivity index (χ4v) is 4.20. The van der Waals surface area contributed by atoms with Crippen LogP contribution < -0.4 is 18.9 Å². The van der Waals surface area contributed by atoms with Crippen molar-refractivity contribution >= 4 is 0 Å². The summed E-state index contributed by atoms with van der Waals surface area (Å²) in [6.45, 7) is 0. The van der Waals surface area contributed by atoms with Crippen LogP contribution in [0.1, 0.15) is 33.4 Å². The number of phenols is 2. The third kappa shape index (κ3) is 3.81. The Bertz CT molecular complexity index is 1130. The van der Waals surface area contributed by atoms with Gasteiger partial charge >= 0.3 is 0 Å². The molecule has 0 amide bonds. The van der Waals surface area contributed by atoms with Crippen LogP contribution in [0.3, 0.4) is 0 Å². The summed E-state index contributed by atoms with van der Waals surface area (Å²) < 4.78 is 21.8. The lowest BCUT2D eigenvalue weighted by molar-refractivity contribution is 0.354. The number of ether oxygens (including phenoxy) is 4. The molecular weight excluding hydrogens is 396 g/mol. The number of rotatable bonds is 4. The van der Waals surface area contributed by atoms with Gasteiger partial charge in [-0.1, -0.05) is 0 Å². The zero-order valence-electron chi connectivity index (χ0n) is 18.1. The fourth-order valence-electron chi connectivity index (χ4n) is 4.20. The molecule has 31 heavy (non-hydrogen) atoms. The minimum absolute atomic E-state index is 0.0975. The molecule has 0 saturated carbocycles. The van der Waals surface area contributed by atoms with E-state index in [1.165, 1.54) is 7.11 Å². The number of methoxy groups -OCH3 is 4. The van der Waals surface area contributed by atoms with Gasteiger partial charge in [0.15, 0.2) is 34.5 Å². The average molecular weight is 422 g/mol. The van der Waals surface area contributed by atoms with Gasteiger partial charge in [0.2, 0.25) is 0 Å². The van der Waals surface area contributed by atoms with E-state index in [4.69, 9.17) is 18.9 Å². The molecule has 0 fully saturated rings. The molecule has 0 aliphatic heterocycles.